The molecule has 1 N–H and O–H groups in total. The minimum atomic E-state index is -0.640. The van der Waals surface area contributed by atoms with E-state index in [1.807, 2.05) is 0 Å². The topological polar surface area (TPSA) is 49.8 Å². The van der Waals surface area contributed by atoms with Crippen LogP contribution in [0.25, 0.3) is 0 Å². The lowest BCUT2D eigenvalue weighted by molar-refractivity contribution is -0.144. The van der Waals surface area contributed by atoms with E-state index in [-0.39, 0.29) is 5.92 Å². The van der Waals surface area contributed by atoms with Crippen LogP contribution in [0.4, 0.5) is 0 Å². The monoisotopic (exact) mass is 215 g/mol. The summed E-state index contributed by atoms with van der Waals surface area (Å²) in [6.07, 6.45) is 2.59. The predicted molar refractivity (Wildman–Crippen MR) is 57.9 cm³/mol. The van der Waals surface area contributed by atoms with Crippen LogP contribution in [-0.2, 0) is 9.53 Å². The Labute approximate surface area is 91.2 Å². The van der Waals surface area contributed by atoms with Gasteiger partial charge in [-0.2, -0.15) is 0 Å². The number of carboxylic acid groups (broad SMARTS) is 1. The van der Waals surface area contributed by atoms with Gasteiger partial charge in [0.2, 0.25) is 0 Å². The minimum Gasteiger partial charge on any atom is -0.481 e. The minimum absolute atomic E-state index is 0.140. The molecule has 1 aliphatic heterocycles. The molecule has 1 saturated heterocycles. The molecule has 0 aromatic heterocycles. The molecule has 1 fully saturated rings. The van der Waals surface area contributed by atoms with Crippen LogP contribution < -0.4 is 0 Å². The first-order valence-corrected chi connectivity index (χ1v) is 5.61. The third-order valence-electron chi connectivity index (χ3n) is 3.16. The van der Waals surface area contributed by atoms with Crippen molar-refractivity contribution >= 4 is 5.97 Å². The standard InChI is InChI=1S/C11H21NO3/c1-9-8-10(11(13)14)4-6-12(9)5-3-7-15-2/h9-10H,3-8H2,1-2H3,(H,13,14). The lowest BCUT2D eigenvalue weighted by Gasteiger charge is -2.36. The Hall–Kier alpha value is -0.610. The third-order valence-corrected chi connectivity index (χ3v) is 3.16. The molecule has 0 spiro atoms. The van der Waals surface area contributed by atoms with Gasteiger partial charge in [-0.05, 0) is 32.7 Å². The molecule has 4 nitrogen and oxygen atoms in total. The van der Waals surface area contributed by atoms with E-state index in [1.165, 1.54) is 0 Å². The molecule has 1 aliphatic rings. The molecule has 0 radical (unpaired) electrons. The molecule has 1 rings (SSSR count). The molecule has 4 heteroatoms. The highest BCUT2D eigenvalue weighted by atomic mass is 16.5. The van der Waals surface area contributed by atoms with Crippen LogP contribution in [0.1, 0.15) is 26.2 Å². The number of nitrogens with zero attached hydrogens (tertiary/aromatic N) is 1. The van der Waals surface area contributed by atoms with Crippen molar-refractivity contribution in [1.82, 2.24) is 4.90 Å². The quantitative estimate of drug-likeness (QED) is 0.700. The molecular weight excluding hydrogens is 194 g/mol. The van der Waals surface area contributed by atoms with Gasteiger partial charge in [0.05, 0.1) is 5.92 Å². The van der Waals surface area contributed by atoms with Crippen LogP contribution in [0.15, 0.2) is 0 Å². The zero-order valence-electron chi connectivity index (χ0n) is 9.61. The van der Waals surface area contributed by atoms with E-state index in [9.17, 15) is 4.79 Å². The Morgan fingerprint density at radius 1 is 1.60 bits per heavy atom. The van der Waals surface area contributed by atoms with Gasteiger partial charge in [-0.15, -0.1) is 0 Å². The Morgan fingerprint density at radius 3 is 2.87 bits per heavy atom. The van der Waals surface area contributed by atoms with E-state index in [0.717, 1.165) is 39.0 Å². The highest BCUT2D eigenvalue weighted by Gasteiger charge is 2.28. The molecule has 2 unspecified atom stereocenters. The maximum Gasteiger partial charge on any atom is 0.306 e. The average Bonchev–Trinajstić information content (AvgIpc) is 2.20. The smallest absolute Gasteiger partial charge is 0.306 e. The van der Waals surface area contributed by atoms with Crippen molar-refractivity contribution in [2.45, 2.75) is 32.2 Å². The van der Waals surface area contributed by atoms with Crippen LogP contribution in [0, 0.1) is 5.92 Å². The fourth-order valence-electron chi connectivity index (χ4n) is 2.19. The highest BCUT2D eigenvalue weighted by molar-refractivity contribution is 5.70. The number of hydrogen-bond acceptors (Lipinski definition) is 3. The predicted octanol–water partition coefficient (Wildman–Crippen LogP) is 1.21. The molecule has 2 atom stereocenters. The van der Waals surface area contributed by atoms with E-state index < -0.39 is 5.97 Å². The Kier molecular flexibility index (Phi) is 5.05. The Balaban J connectivity index is 2.29. The molecule has 0 bridgehead atoms. The van der Waals surface area contributed by atoms with Crippen LogP contribution in [0.5, 0.6) is 0 Å². The van der Waals surface area contributed by atoms with Gasteiger partial charge in [0, 0.05) is 26.3 Å². The van der Waals surface area contributed by atoms with Crippen LogP contribution in [0.3, 0.4) is 0 Å². The molecular formula is C11H21NO3. The first-order valence-electron chi connectivity index (χ1n) is 5.61. The highest BCUT2D eigenvalue weighted by Crippen LogP contribution is 2.22. The van der Waals surface area contributed by atoms with Gasteiger partial charge >= 0.3 is 5.97 Å². The molecule has 15 heavy (non-hydrogen) atoms. The van der Waals surface area contributed by atoms with Crippen molar-refractivity contribution in [3.63, 3.8) is 0 Å². The normalized spacial score (nSPS) is 27.9. The zero-order valence-corrected chi connectivity index (χ0v) is 9.61. The van der Waals surface area contributed by atoms with Gasteiger partial charge in [0.1, 0.15) is 0 Å². The van der Waals surface area contributed by atoms with Gasteiger partial charge in [-0.25, -0.2) is 0 Å². The summed E-state index contributed by atoms with van der Waals surface area (Å²) in [5.74, 6) is -0.780. The van der Waals surface area contributed by atoms with Crippen LogP contribution in [-0.4, -0.2) is 48.8 Å². The maximum atomic E-state index is 10.8. The molecule has 0 aromatic carbocycles. The summed E-state index contributed by atoms with van der Waals surface area (Å²) in [5.41, 5.74) is 0. The number of likely N-dealkylation sites (tertiary alicyclic amines) is 1. The molecule has 0 saturated carbocycles. The summed E-state index contributed by atoms with van der Waals surface area (Å²) in [6, 6.07) is 0.386. The van der Waals surface area contributed by atoms with Crippen molar-refractivity contribution in [3.05, 3.63) is 0 Å². The molecule has 0 aromatic rings. The second-order valence-electron chi connectivity index (χ2n) is 4.29. The fourth-order valence-corrected chi connectivity index (χ4v) is 2.19. The van der Waals surface area contributed by atoms with E-state index >= 15 is 0 Å². The summed E-state index contributed by atoms with van der Waals surface area (Å²) < 4.78 is 5.01. The fraction of sp³-hybridized carbons (Fsp3) is 0.909. The zero-order chi connectivity index (χ0) is 11.3. The summed E-state index contributed by atoms with van der Waals surface area (Å²) in [4.78, 5) is 13.2. The lowest BCUT2D eigenvalue weighted by atomic mass is 9.92. The van der Waals surface area contributed by atoms with Crippen molar-refractivity contribution in [3.8, 4) is 0 Å². The lowest BCUT2D eigenvalue weighted by Crippen LogP contribution is -2.43. The summed E-state index contributed by atoms with van der Waals surface area (Å²) in [5, 5.41) is 8.92. The molecule has 88 valence electrons. The largest absolute Gasteiger partial charge is 0.481 e. The van der Waals surface area contributed by atoms with E-state index in [2.05, 4.69) is 11.8 Å². The molecule has 0 aliphatic carbocycles. The number of ether oxygens (including phenoxy) is 1. The second-order valence-corrected chi connectivity index (χ2v) is 4.29. The second kappa shape index (κ2) is 6.08. The third kappa shape index (κ3) is 3.80. The van der Waals surface area contributed by atoms with Gasteiger partial charge in [0.15, 0.2) is 0 Å². The number of carboxylic acids is 1. The first kappa shape index (κ1) is 12.5. The van der Waals surface area contributed by atoms with Crippen LogP contribution in [0.2, 0.25) is 0 Å². The molecule has 0 amide bonds. The van der Waals surface area contributed by atoms with Gasteiger partial charge < -0.3 is 14.7 Å². The Bertz CT molecular complexity index is 208. The SMILES string of the molecule is COCCCN1CCC(C(=O)O)CC1C. The van der Waals surface area contributed by atoms with Crippen molar-refractivity contribution in [2.75, 3.05) is 26.8 Å². The Morgan fingerprint density at radius 2 is 2.33 bits per heavy atom. The maximum absolute atomic E-state index is 10.8. The number of hydrogen-bond donors (Lipinski definition) is 1. The van der Waals surface area contributed by atoms with E-state index in [1.54, 1.807) is 7.11 Å². The van der Waals surface area contributed by atoms with Crippen molar-refractivity contribution < 1.29 is 14.6 Å². The molecule has 1 heterocycles. The van der Waals surface area contributed by atoms with E-state index in [4.69, 9.17) is 9.84 Å². The van der Waals surface area contributed by atoms with E-state index in [0.29, 0.717) is 6.04 Å². The van der Waals surface area contributed by atoms with Gasteiger partial charge in [0.25, 0.3) is 0 Å². The number of aliphatic carboxylic acids is 1. The summed E-state index contributed by atoms with van der Waals surface area (Å²) in [7, 11) is 1.71. The van der Waals surface area contributed by atoms with Crippen LogP contribution >= 0.6 is 0 Å². The number of carbonyl (C=O) groups is 1. The summed E-state index contributed by atoms with van der Waals surface area (Å²) >= 11 is 0. The first-order chi connectivity index (χ1) is 7.15. The average molecular weight is 215 g/mol. The summed E-state index contributed by atoms with van der Waals surface area (Å²) in [6.45, 7) is 4.82. The number of methoxy groups -OCH3 is 1. The van der Waals surface area contributed by atoms with Crippen molar-refractivity contribution in [1.29, 1.82) is 0 Å². The van der Waals surface area contributed by atoms with Gasteiger partial charge in [-0.3, -0.25) is 4.79 Å². The number of piperidine rings is 1. The van der Waals surface area contributed by atoms with Gasteiger partial charge in [-0.1, -0.05) is 0 Å². The van der Waals surface area contributed by atoms with Crippen molar-refractivity contribution in [2.24, 2.45) is 5.92 Å². The number of rotatable bonds is 5.